The second-order valence-corrected chi connectivity index (χ2v) is 5.04. The fraction of sp³-hybridized carbons (Fsp3) is 0.250. The van der Waals surface area contributed by atoms with Crippen molar-refractivity contribution >= 4 is 11.6 Å². The van der Waals surface area contributed by atoms with Gasteiger partial charge in [0.15, 0.2) is 0 Å². The predicted molar refractivity (Wildman–Crippen MR) is 78.4 cm³/mol. The predicted octanol–water partition coefficient (Wildman–Crippen LogP) is 2.04. The molecule has 0 aliphatic carbocycles. The van der Waals surface area contributed by atoms with E-state index in [0.717, 1.165) is 23.4 Å². The van der Waals surface area contributed by atoms with Gasteiger partial charge in [0, 0.05) is 18.3 Å². The summed E-state index contributed by atoms with van der Waals surface area (Å²) >= 11 is 0. The summed E-state index contributed by atoms with van der Waals surface area (Å²) in [5.41, 5.74) is 4.26. The fourth-order valence-corrected chi connectivity index (χ4v) is 2.45. The number of aryl methyl sites for hydroxylation is 1. The van der Waals surface area contributed by atoms with Gasteiger partial charge in [0.25, 0.3) is 0 Å². The number of rotatable bonds is 3. The van der Waals surface area contributed by atoms with Crippen molar-refractivity contribution in [3.8, 4) is 0 Å². The molecular weight excluding hydrogens is 250 g/mol. The minimum atomic E-state index is -0.184. The fourth-order valence-electron chi connectivity index (χ4n) is 2.45. The second-order valence-electron chi connectivity index (χ2n) is 5.04. The van der Waals surface area contributed by atoms with E-state index in [9.17, 15) is 4.79 Å². The van der Waals surface area contributed by atoms with Crippen LogP contribution in [0.25, 0.3) is 0 Å². The molecule has 1 aromatic heterocycles. The number of benzene rings is 1. The number of carbonyl (C=O) groups excluding carboxylic acids is 1. The molecule has 2 aromatic rings. The summed E-state index contributed by atoms with van der Waals surface area (Å²) in [6.45, 7) is 2.47. The van der Waals surface area contributed by atoms with Gasteiger partial charge in [0.05, 0.1) is 12.2 Å². The zero-order chi connectivity index (χ0) is 13.9. The van der Waals surface area contributed by atoms with E-state index < -0.39 is 0 Å². The maximum atomic E-state index is 12.2. The van der Waals surface area contributed by atoms with Crippen molar-refractivity contribution in [2.75, 3.05) is 5.32 Å². The number of nitrogens with zero attached hydrogens (tertiary/aromatic N) is 1. The zero-order valence-corrected chi connectivity index (χ0v) is 11.4. The Bertz CT molecular complexity index is 614. The van der Waals surface area contributed by atoms with Gasteiger partial charge < -0.3 is 10.6 Å². The van der Waals surface area contributed by atoms with E-state index in [1.807, 2.05) is 37.3 Å². The number of hydrogen-bond acceptors (Lipinski definition) is 3. The molecular formula is C16H17N3O. The number of hydrogen-bond donors (Lipinski definition) is 2. The molecule has 4 nitrogen and oxygen atoms in total. The first-order valence-electron chi connectivity index (χ1n) is 6.76. The smallest absolute Gasteiger partial charge is 0.243 e. The average molecular weight is 267 g/mol. The third-order valence-corrected chi connectivity index (χ3v) is 3.64. The van der Waals surface area contributed by atoms with Crippen molar-refractivity contribution in [3.63, 3.8) is 0 Å². The molecule has 0 saturated carbocycles. The van der Waals surface area contributed by atoms with Gasteiger partial charge in [0.1, 0.15) is 6.04 Å². The van der Waals surface area contributed by atoms with E-state index >= 15 is 0 Å². The third kappa shape index (κ3) is 2.50. The lowest BCUT2D eigenvalue weighted by Crippen LogP contribution is -2.38. The number of fused-ring (bicyclic) bond motifs is 1. The first-order valence-corrected chi connectivity index (χ1v) is 6.76. The van der Waals surface area contributed by atoms with Gasteiger partial charge in [-0.2, -0.15) is 0 Å². The Hall–Kier alpha value is -2.36. The summed E-state index contributed by atoms with van der Waals surface area (Å²) in [7, 11) is 0. The lowest BCUT2D eigenvalue weighted by Gasteiger charge is -2.12. The Kier molecular flexibility index (Phi) is 3.37. The summed E-state index contributed by atoms with van der Waals surface area (Å²) in [6.07, 6.45) is 2.49. The number of amides is 1. The summed E-state index contributed by atoms with van der Waals surface area (Å²) in [4.78, 5) is 16.5. The molecule has 0 bridgehead atoms. The number of para-hydroxylation sites is 1. The van der Waals surface area contributed by atoms with Crippen molar-refractivity contribution in [2.24, 2.45) is 0 Å². The molecule has 1 aromatic carbocycles. The molecule has 102 valence electrons. The van der Waals surface area contributed by atoms with Crippen LogP contribution in [0.3, 0.4) is 0 Å². The minimum absolute atomic E-state index is 0.0197. The van der Waals surface area contributed by atoms with E-state index in [1.165, 1.54) is 5.56 Å². The molecule has 0 unspecified atom stereocenters. The van der Waals surface area contributed by atoms with Gasteiger partial charge in [-0.25, -0.2) is 0 Å². The van der Waals surface area contributed by atoms with Crippen LogP contribution >= 0.6 is 0 Å². The van der Waals surface area contributed by atoms with E-state index in [2.05, 4.69) is 21.7 Å². The molecule has 3 rings (SSSR count). The van der Waals surface area contributed by atoms with Gasteiger partial charge in [-0.1, -0.05) is 24.3 Å². The maximum absolute atomic E-state index is 12.2. The van der Waals surface area contributed by atoms with Crippen LogP contribution in [0.1, 0.15) is 16.8 Å². The van der Waals surface area contributed by atoms with Gasteiger partial charge in [-0.05, 0) is 30.2 Å². The molecule has 0 saturated heterocycles. The molecule has 1 amide bonds. The standard InChI is InChI=1S/C16H17N3O/c1-11-5-4-8-17-15(11)10-18-16(20)14-9-12-6-2-3-7-13(12)19-14/h2-8,14,19H,9-10H2,1H3,(H,18,20)/t14-/m0/s1. The van der Waals surface area contributed by atoms with Crippen molar-refractivity contribution in [3.05, 3.63) is 59.4 Å². The number of carbonyl (C=O) groups is 1. The average Bonchev–Trinajstić information content (AvgIpc) is 2.90. The molecule has 20 heavy (non-hydrogen) atoms. The summed E-state index contributed by atoms with van der Waals surface area (Å²) in [6, 6.07) is 11.7. The number of aromatic nitrogens is 1. The SMILES string of the molecule is Cc1cccnc1CNC(=O)[C@@H]1Cc2ccccc2N1. The highest BCUT2D eigenvalue weighted by Gasteiger charge is 2.25. The molecule has 0 spiro atoms. The van der Waals surface area contributed by atoms with Crippen molar-refractivity contribution < 1.29 is 4.79 Å². The van der Waals surface area contributed by atoms with Gasteiger partial charge in [-0.3, -0.25) is 9.78 Å². The first kappa shape index (κ1) is 12.7. The van der Waals surface area contributed by atoms with Crippen molar-refractivity contribution in [1.82, 2.24) is 10.3 Å². The van der Waals surface area contributed by atoms with Crippen LogP contribution in [-0.2, 0) is 17.8 Å². The quantitative estimate of drug-likeness (QED) is 0.895. The molecule has 1 atom stereocenters. The third-order valence-electron chi connectivity index (χ3n) is 3.64. The Morgan fingerprint density at radius 2 is 2.20 bits per heavy atom. The Morgan fingerprint density at radius 1 is 1.35 bits per heavy atom. The van der Waals surface area contributed by atoms with E-state index in [1.54, 1.807) is 6.20 Å². The van der Waals surface area contributed by atoms with Crippen LogP contribution < -0.4 is 10.6 Å². The first-order chi connectivity index (χ1) is 9.74. The van der Waals surface area contributed by atoms with Gasteiger partial charge in [-0.15, -0.1) is 0 Å². The lowest BCUT2D eigenvalue weighted by molar-refractivity contribution is -0.121. The zero-order valence-electron chi connectivity index (χ0n) is 11.4. The maximum Gasteiger partial charge on any atom is 0.243 e. The number of anilines is 1. The van der Waals surface area contributed by atoms with E-state index in [-0.39, 0.29) is 11.9 Å². The van der Waals surface area contributed by atoms with E-state index in [0.29, 0.717) is 6.54 Å². The highest BCUT2D eigenvalue weighted by atomic mass is 16.2. The van der Waals surface area contributed by atoms with Crippen LogP contribution in [0, 0.1) is 6.92 Å². The highest BCUT2D eigenvalue weighted by molar-refractivity contribution is 5.87. The minimum Gasteiger partial charge on any atom is -0.373 e. The molecule has 2 heterocycles. The van der Waals surface area contributed by atoms with Gasteiger partial charge in [0.2, 0.25) is 5.91 Å². The van der Waals surface area contributed by atoms with Gasteiger partial charge >= 0.3 is 0 Å². The summed E-state index contributed by atoms with van der Waals surface area (Å²) in [5.74, 6) is 0.0197. The monoisotopic (exact) mass is 267 g/mol. The largest absolute Gasteiger partial charge is 0.373 e. The Balaban J connectivity index is 1.61. The van der Waals surface area contributed by atoms with Crippen LogP contribution in [0.5, 0.6) is 0 Å². The summed E-state index contributed by atoms with van der Waals surface area (Å²) < 4.78 is 0. The van der Waals surface area contributed by atoms with Crippen LogP contribution in [0.4, 0.5) is 5.69 Å². The number of pyridine rings is 1. The van der Waals surface area contributed by atoms with Crippen LogP contribution in [-0.4, -0.2) is 16.9 Å². The van der Waals surface area contributed by atoms with Crippen LogP contribution in [0.15, 0.2) is 42.6 Å². The van der Waals surface area contributed by atoms with Crippen molar-refractivity contribution in [1.29, 1.82) is 0 Å². The topological polar surface area (TPSA) is 54.0 Å². The molecule has 0 radical (unpaired) electrons. The molecule has 4 heteroatoms. The molecule has 0 fully saturated rings. The van der Waals surface area contributed by atoms with Crippen LogP contribution in [0.2, 0.25) is 0 Å². The Morgan fingerprint density at radius 3 is 3.00 bits per heavy atom. The second kappa shape index (κ2) is 5.33. The molecule has 2 N–H and O–H groups in total. The lowest BCUT2D eigenvalue weighted by atomic mass is 10.1. The highest BCUT2D eigenvalue weighted by Crippen LogP contribution is 2.25. The number of nitrogens with one attached hydrogen (secondary N) is 2. The Labute approximate surface area is 118 Å². The summed E-state index contributed by atoms with van der Waals surface area (Å²) in [5, 5.41) is 6.21. The molecule has 1 aliphatic rings. The van der Waals surface area contributed by atoms with Crippen molar-refractivity contribution in [2.45, 2.75) is 25.9 Å². The van der Waals surface area contributed by atoms with E-state index in [4.69, 9.17) is 0 Å². The normalized spacial score (nSPS) is 16.4. The molecule has 1 aliphatic heterocycles.